The number of ether oxygens (including phenoxy) is 2. The van der Waals surface area contributed by atoms with E-state index in [9.17, 15) is 0 Å². The van der Waals surface area contributed by atoms with Crippen molar-refractivity contribution in [1.29, 1.82) is 0 Å². The van der Waals surface area contributed by atoms with Crippen LogP contribution in [0.4, 0.5) is 0 Å². The van der Waals surface area contributed by atoms with Crippen molar-refractivity contribution in [1.82, 2.24) is 0 Å². The zero-order chi connectivity index (χ0) is 14.0. The highest BCUT2D eigenvalue weighted by molar-refractivity contribution is 7.75. The molecule has 1 fully saturated rings. The maximum absolute atomic E-state index is 5.75. The molecule has 1 rings (SSSR count). The fraction of sp³-hybridized carbons (Fsp3) is 1.00. The van der Waals surface area contributed by atoms with Gasteiger partial charge in [0, 0.05) is 7.26 Å². The van der Waals surface area contributed by atoms with Crippen LogP contribution in [-0.2, 0) is 9.47 Å². The van der Waals surface area contributed by atoms with Crippen molar-refractivity contribution in [2.45, 2.75) is 65.6 Å². The van der Waals surface area contributed by atoms with Gasteiger partial charge in [-0.05, 0) is 19.3 Å². The van der Waals surface area contributed by atoms with Crippen molar-refractivity contribution in [3.8, 4) is 0 Å². The highest BCUT2D eigenvalue weighted by Gasteiger charge is 2.39. The molecule has 0 radical (unpaired) electrons. The molecule has 0 bridgehead atoms. The van der Waals surface area contributed by atoms with E-state index in [1.165, 1.54) is 63.2 Å². The van der Waals surface area contributed by atoms with Crippen LogP contribution in [0.3, 0.4) is 0 Å². The van der Waals surface area contributed by atoms with Crippen molar-refractivity contribution >= 4 is 7.26 Å². The van der Waals surface area contributed by atoms with Gasteiger partial charge in [-0.2, -0.15) is 0 Å². The van der Waals surface area contributed by atoms with Crippen LogP contribution in [0.15, 0.2) is 0 Å². The van der Waals surface area contributed by atoms with Crippen LogP contribution in [0, 0.1) is 0 Å². The molecule has 0 aromatic heterocycles. The van der Waals surface area contributed by atoms with E-state index in [2.05, 4.69) is 20.8 Å². The van der Waals surface area contributed by atoms with Crippen LogP contribution in [0.5, 0.6) is 0 Å². The third kappa shape index (κ3) is 7.59. The lowest BCUT2D eigenvalue weighted by molar-refractivity contribution is -0.0227. The number of halogens is 1. The quantitative estimate of drug-likeness (QED) is 0.539. The summed E-state index contributed by atoms with van der Waals surface area (Å²) >= 11 is 0. The van der Waals surface area contributed by atoms with Gasteiger partial charge in [-0.1, -0.05) is 40.0 Å². The van der Waals surface area contributed by atoms with Crippen LogP contribution in [0.25, 0.3) is 0 Å². The van der Waals surface area contributed by atoms with Crippen molar-refractivity contribution < 1.29 is 21.9 Å². The SMILES string of the molecule is CCCC[P+](CCCC)(CCCC)CC1OCCO1.[Cl-]. The third-order valence-electron chi connectivity index (χ3n) is 4.19. The topological polar surface area (TPSA) is 18.5 Å². The molecule has 2 nitrogen and oxygen atoms in total. The predicted octanol–water partition coefficient (Wildman–Crippen LogP) is 1.78. The minimum atomic E-state index is -0.845. The summed E-state index contributed by atoms with van der Waals surface area (Å²) in [4.78, 5) is 0. The summed E-state index contributed by atoms with van der Waals surface area (Å²) < 4.78 is 11.5. The van der Waals surface area contributed by atoms with Crippen molar-refractivity contribution in [3.05, 3.63) is 0 Å². The molecule has 0 amide bonds. The Kier molecular flexibility index (Phi) is 12.6. The van der Waals surface area contributed by atoms with Crippen LogP contribution in [0.2, 0.25) is 0 Å². The standard InChI is InChI=1S/C16H34O2P.ClH/c1-4-7-12-19(13-8-5-2,14-9-6-3)15-16-17-10-11-18-16;/h16H,4-15H2,1-3H3;1H/q+1;/p-1. The van der Waals surface area contributed by atoms with Crippen molar-refractivity contribution in [2.75, 3.05) is 37.9 Å². The highest BCUT2D eigenvalue weighted by atomic mass is 35.5. The maximum atomic E-state index is 5.75. The first kappa shape index (κ1) is 20.6. The lowest BCUT2D eigenvalue weighted by atomic mass is 10.4. The van der Waals surface area contributed by atoms with E-state index in [1.54, 1.807) is 0 Å². The lowest BCUT2D eigenvalue weighted by Crippen LogP contribution is -3.00. The molecule has 20 heavy (non-hydrogen) atoms. The first-order valence-corrected chi connectivity index (χ1v) is 10.9. The number of hydrogen-bond donors (Lipinski definition) is 0. The average molecular weight is 325 g/mol. The van der Waals surface area contributed by atoms with Gasteiger partial charge < -0.3 is 21.9 Å². The van der Waals surface area contributed by atoms with E-state index in [0.29, 0.717) is 0 Å². The van der Waals surface area contributed by atoms with Gasteiger partial charge in [-0.25, -0.2) is 0 Å². The van der Waals surface area contributed by atoms with E-state index in [0.717, 1.165) is 13.2 Å². The molecule has 0 aromatic rings. The minimum absolute atomic E-state index is 0. The molecule has 122 valence electrons. The van der Waals surface area contributed by atoms with Gasteiger partial charge >= 0.3 is 0 Å². The second kappa shape index (κ2) is 12.2. The molecule has 1 saturated heterocycles. The van der Waals surface area contributed by atoms with Gasteiger partial charge in [0.2, 0.25) is 0 Å². The van der Waals surface area contributed by atoms with Gasteiger partial charge in [-0.15, -0.1) is 0 Å². The van der Waals surface area contributed by atoms with Gasteiger partial charge in [0.15, 0.2) is 6.29 Å². The minimum Gasteiger partial charge on any atom is -1.00 e. The fourth-order valence-electron chi connectivity index (χ4n) is 2.92. The molecular formula is C16H34ClO2P. The first-order chi connectivity index (χ1) is 9.26. The monoisotopic (exact) mass is 324 g/mol. The Hall–Kier alpha value is 0.640. The summed E-state index contributed by atoms with van der Waals surface area (Å²) in [5.41, 5.74) is 0. The van der Waals surface area contributed by atoms with Crippen LogP contribution in [0.1, 0.15) is 59.3 Å². The molecule has 0 spiro atoms. The second-order valence-electron chi connectivity index (χ2n) is 5.93. The summed E-state index contributed by atoms with van der Waals surface area (Å²) in [6, 6.07) is 0. The van der Waals surface area contributed by atoms with E-state index in [1.807, 2.05) is 0 Å². The van der Waals surface area contributed by atoms with Crippen LogP contribution < -0.4 is 12.4 Å². The smallest absolute Gasteiger partial charge is 0.191 e. The van der Waals surface area contributed by atoms with Gasteiger partial charge in [0.05, 0.1) is 31.7 Å². The van der Waals surface area contributed by atoms with Gasteiger partial charge in [-0.3, -0.25) is 0 Å². The largest absolute Gasteiger partial charge is 1.00 e. The highest BCUT2D eigenvalue weighted by Crippen LogP contribution is 2.61. The van der Waals surface area contributed by atoms with Gasteiger partial charge in [0.1, 0.15) is 6.16 Å². The molecule has 0 aromatic carbocycles. The predicted molar refractivity (Wildman–Crippen MR) is 86.8 cm³/mol. The van der Waals surface area contributed by atoms with E-state index in [-0.39, 0.29) is 18.7 Å². The summed E-state index contributed by atoms with van der Waals surface area (Å²) in [6.07, 6.45) is 13.9. The second-order valence-corrected chi connectivity index (χ2v) is 10.3. The molecule has 0 N–H and O–H groups in total. The van der Waals surface area contributed by atoms with Crippen LogP contribution in [-0.4, -0.2) is 44.2 Å². The number of hydrogen-bond acceptors (Lipinski definition) is 2. The third-order valence-corrected chi connectivity index (χ3v) is 9.05. The van der Waals surface area contributed by atoms with Crippen LogP contribution >= 0.6 is 7.26 Å². The summed E-state index contributed by atoms with van der Waals surface area (Å²) in [5.74, 6) is 0. The Morgan fingerprint density at radius 3 is 1.55 bits per heavy atom. The van der Waals surface area contributed by atoms with E-state index in [4.69, 9.17) is 9.47 Å². The number of rotatable bonds is 11. The molecule has 4 heteroatoms. The van der Waals surface area contributed by atoms with E-state index >= 15 is 0 Å². The number of unbranched alkanes of at least 4 members (excludes halogenated alkanes) is 3. The fourth-order valence-corrected chi connectivity index (χ4v) is 7.94. The summed E-state index contributed by atoms with van der Waals surface area (Å²) in [7, 11) is -0.845. The Labute approximate surface area is 133 Å². The summed E-state index contributed by atoms with van der Waals surface area (Å²) in [6.45, 7) is 8.56. The summed E-state index contributed by atoms with van der Waals surface area (Å²) in [5, 5.41) is 0. The van der Waals surface area contributed by atoms with Gasteiger partial charge in [0.25, 0.3) is 0 Å². The first-order valence-electron chi connectivity index (χ1n) is 8.34. The van der Waals surface area contributed by atoms with Crippen molar-refractivity contribution in [3.63, 3.8) is 0 Å². The molecule has 1 heterocycles. The lowest BCUT2D eigenvalue weighted by Gasteiger charge is -2.29. The van der Waals surface area contributed by atoms with Crippen molar-refractivity contribution in [2.24, 2.45) is 0 Å². The molecule has 0 unspecified atom stereocenters. The molecule has 1 aliphatic rings. The zero-order valence-corrected chi connectivity index (χ0v) is 15.4. The van der Waals surface area contributed by atoms with E-state index < -0.39 is 7.26 Å². The molecular weight excluding hydrogens is 291 g/mol. The molecule has 1 aliphatic heterocycles. The Morgan fingerprint density at radius 2 is 1.20 bits per heavy atom. The normalized spacial score (nSPS) is 16.4. The average Bonchev–Trinajstić information content (AvgIpc) is 2.93. The zero-order valence-electron chi connectivity index (χ0n) is 13.7. The molecule has 0 atom stereocenters. The Morgan fingerprint density at radius 1 is 0.800 bits per heavy atom. The Bertz CT molecular complexity index is 199. The Balaban J connectivity index is 0.00000361. The molecule has 0 aliphatic carbocycles. The molecule has 0 saturated carbocycles. The maximum Gasteiger partial charge on any atom is 0.191 e.